The summed E-state index contributed by atoms with van der Waals surface area (Å²) in [7, 11) is 1.57. The lowest BCUT2D eigenvalue weighted by atomic mass is 10.1. The zero-order chi connectivity index (χ0) is 18.1. The minimum Gasteiger partial charge on any atom is -0.497 e. The van der Waals surface area contributed by atoms with Crippen molar-refractivity contribution >= 4 is 11.9 Å². The largest absolute Gasteiger partial charge is 0.497 e. The zero-order valence-electron chi connectivity index (χ0n) is 14.6. The molecule has 2 aromatic carbocycles. The van der Waals surface area contributed by atoms with Gasteiger partial charge in [0.15, 0.2) is 6.61 Å². The number of carbonyl (C=O) groups is 2. The van der Waals surface area contributed by atoms with Crippen LogP contribution in [0, 0.1) is 6.92 Å². The maximum atomic E-state index is 11.8. The van der Waals surface area contributed by atoms with Gasteiger partial charge < -0.3 is 14.8 Å². The summed E-state index contributed by atoms with van der Waals surface area (Å²) in [6.07, 6.45) is 0.851. The van der Waals surface area contributed by atoms with E-state index < -0.39 is 5.97 Å². The first kappa shape index (κ1) is 18.5. The van der Waals surface area contributed by atoms with Gasteiger partial charge in [-0.05, 0) is 42.2 Å². The van der Waals surface area contributed by atoms with Crippen molar-refractivity contribution in [1.29, 1.82) is 0 Å². The topological polar surface area (TPSA) is 64.6 Å². The molecule has 2 rings (SSSR count). The summed E-state index contributed by atoms with van der Waals surface area (Å²) in [5.41, 5.74) is 3.17. The van der Waals surface area contributed by atoms with Crippen LogP contribution in [-0.2, 0) is 27.2 Å². The van der Waals surface area contributed by atoms with Gasteiger partial charge in [0.05, 0.1) is 13.5 Å². The third-order valence-corrected chi connectivity index (χ3v) is 3.82. The Morgan fingerprint density at radius 2 is 1.88 bits per heavy atom. The Labute approximate surface area is 148 Å². The molecule has 0 radical (unpaired) electrons. The number of amides is 1. The minimum absolute atomic E-state index is 0.105. The number of hydrogen-bond donors (Lipinski definition) is 1. The lowest BCUT2D eigenvalue weighted by Crippen LogP contribution is -2.30. The number of rotatable bonds is 8. The Balaban J connectivity index is 1.68. The fourth-order valence-electron chi connectivity index (χ4n) is 2.42. The van der Waals surface area contributed by atoms with Gasteiger partial charge in [-0.2, -0.15) is 0 Å². The fourth-order valence-corrected chi connectivity index (χ4v) is 2.42. The second kappa shape index (κ2) is 9.47. The Kier molecular flexibility index (Phi) is 7.01. The molecule has 2 aromatic rings. The Morgan fingerprint density at radius 3 is 2.64 bits per heavy atom. The van der Waals surface area contributed by atoms with E-state index in [-0.39, 0.29) is 18.9 Å². The number of methoxy groups -OCH3 is 1. The van der Waals surface area contributed by atoms with E-state index in [0.717, 1.165) is 12.0 Å². The van der Waals surface area contributed by atoms with Crippen molar-refractivity contribution in [1.82, 2.24) is 5.32 Å². The molecule has 0 saturated carbocycles. The average molecular weight is 341 g/mol. The molecule has 0 aromatic heterocycles. The van der Waals surface area contributed by atoms with Crippen molar-refractivity contribution in [3.63, 3.8) is 0 Å². The molecular formula is C20H23NO4. The first-order valence-corrected chi connectivity index (χ1v) is 8.18. The summed E-state index contributed by atoms with van der Waals surface area (Å²) in [6, 6.07) is 15.2. The van der Waals surface area contributed by atoms with Crippen LogP contribution in [0.2, 0.25) is 0 Å². The summed E-state index contributed by atoms with van der Waals surface area (Å²) in [6.45, 7) is 2.28. The van der Waals surface area contributed by atoms with Crippen molar-refractivity contribution in [3.05, 3.63) is 65.2 Å². The van der Waals surface area contributed by atoms with Crippen LogP contribution in [0.4, 0.5) is 0 Å². The summed E-state index contributed by atoms with van der Waals surface area (Å²) >= 11 is 0. The molecule has 0 spiro atoms. The van der Waals surface area contributed by atoms with Gasteiger partial charge in [-0.25, -0.2) is 0 Å². The SMILES string of the molecule is COc1cccc(CC(=O)OCC(=O)NCCc2ccccc2C)c1. The molecule has 0 saturated heterocycles. The van der Waals surface area contributed by atoms with Gasteiger partial charge in [0.2, 0.25) is 0 Å². The standard InChI is InChI=1S/C20H23NO4/c1-15-6-3-4-8-17(15)10-11-21-19(22)14-25-20(23)13-16-7-5-9-18(12-16)24-2/h3-9,12H,10-11,13-14H2,1-2H3,(H,21,22). The molecule has 0 aliphatic carbocycles. The molecule has 1 amide bonds. The smallest absolute Gasteiger partial charge is 0.310 e. The van der Waals surface area contributed by atoms with Gasteiger partial charge in [0.25, 0.3) is 5.91 Å². The number of benzene rings is 2. The van der Waals surface area contributed by atoms with Crippen molar-refractivity contribution in [3.8, 4) is 5.75 Å². The van der Waals surface area contributed by atoms with E-state index in [9.17, 15) is 9.59 Å². The van der Waals surface area contributed by atoms with Crippen molar-refractivity contribution < 1.29 is 19.1 Å². The molecule has 0 unspecified atom stereocenters. The number of carbonyl (C=O) groups excluding carboxylic acids is 2. The number of nitrogens with one attached hydrogen (secondary N) is 1. The normalized spacial score (nSPS) is 10.2. The van der Waals surface area contributed by atoms with Crippen LogP contribution in [-0.4, -0.2) is 32.1 Å². The third kappa shape index (κ3) is 6.30. The molecule has 0 aliphatic heterocycles. The summed E-state index contributed by atoms with van der Waals surface area (Å²) < 4.78 is 10.1. The van der Waals surface area contributed by atoms with E-state index >= 15 is 0 Å². The number of hydrogen-bond acceptors (Lipinski definition) is 4. The first-order chi connectivity index (χ1) is 12.1. The molecule has 0 aliphatic rings. The fraction of sp³-hybridized carbons (Fsp3) is 0.300. The van der Waals surface area contributed by atoms with E-state index in [1.807, 2.05) is 37.3 Å². The highest BCUT2D eigenvalue weighted by molar-refractivity contribution is 5.81. The lowest BCUT2D eigenvalue weighted by Gasteiger charge is -2.08. The molecule has 0 heterocycles. The molecule has 0 fully saturated rings. The lowest BCUT2D eigenvalue weighted by molar-refractivity contribution is -0.147. The number of esters is 1. The van der Waals surface area contributed by atoms with E-state index in [1.165, 1.54) is 11.1 Å². The molecular weight excluding hydrogens is 318 g/mol. The van der Waals surface area contributed by atoms with E-state index in [1.54, 1.807) is 25.3 Å². The summed E-state index contributed by atoms with van der Waals surface area (Å²) in [4.78, 5) is 23.6. The van der Waals surface area contributed by atoms with E-state index in [0.29, 0.717) is 12.3 Å². The molecule has 132 valence electrons. The van der Waals surface area contributed by atoms with E-state index in [2.05, 4.69) is 5.32 Å². The Hall–Kier alpha value is -2.82. The maximum absolute atomic E-state index is 11.8. The van der Waals surface area contributed by atoms with Crippen LogP contribution in [0.1, 0.15) is 16.7 Å². The van der Waals surface area contributed by atoms with E-state index in [4.69, 9.17) is 9.47 Å². The van der Waals surface area contributed by atoms with Gasteiger partial charge in [0, 0.05) is 6.54 Å². The van der Waals surface area contributed by atoms with Gasteiger partial charge in [-0.1, -0.05) is 36.4 Å². The Morgan fingerprint density at radius 1 is 1.08 bits per heavy atom. The van der Waals surface area contributed by atoms with Crippen LogP contribution in [0.5, 0.6) is 5.75 Å². The third-order valence-electron chi connectivity index (χ3n) is 3.82. The van der Waals surface area contributed by atoms with Crippen molar-refractivity contribution in [2.75, 3.05) is 20.3 Å². The summed E-state index contributed by atoms with van der Waals surface area (Å²) in [5.74, 6) is -0.0610. The highest BCUT2D eigenvalue weighted by Gasteiger charge is 2.09. The van der Waals surface area contributed by atoms with Crippen molar-refractivity contribution in [2.24, 2.45) is 0 Å². The first-order valence-electron chi connectivity index (χ1n) is 8.18. The van der Waals surface area contributed by atoms with Crippen LogP contribution in [0.3, 0.4) is 0 Å². The van der Waals surface area contributed by atoms with Gasteiger partial charge in [-0.3, -0.25) is 9.59 Å². The minimum atomic E-state index is -0.442. The predicted molar refractivity (Wildman–Crippen MR) is 95.5 cm³/mol. The average Bonchev–Trinajstić information content (AvgIpc) is 2.62. The van der Waals surface area contributed by atoms with Crippen LogP contribution in [0.15, 0.2) is 48.5 Å². The molecule has 0 bridgehead atoms. The van der Waals surface area contributed by atoms with Crippen LogP contribution < -0.4 is 10.1 Å². The monoisotopic (exact) mass is 341 g/mol. The zero-order valence-corrected chi connectivity index (χ0v) is 14.6. The second-order valence-corrected chi connectivity index (χ2v) is 5.72. The quantitative estimate of drug-likeness (QED) is 0.749. The van der Waals surface area contributed by atoms with Crippen LogP contribution in [0.25, 0.3) is 0 Å². The molecule has 5 nitrogen and oxygen atoms in total. The second-order valence-electron chi connectivity index (χ2n) is 5.72. The van der Waals surface area contributed by atoms with Crippen LogP contribution >= 0.6 is 0 Å². The number of aryl methyl sites for hydroxylation is 1. The van der Waals surface area contributed by atoms with Crippen molar-refractivity contribution in [2.45, 2.75) is 19.8 Å². The predicted octanol–water partition coefficient (Wildman–Crippen LogP) is 2.45. The van der Waals surface area contributed by atoms with Gasteiger partial charge in [0.1, 0.15) is 5.75 Å². The van der Waals surface area contributed by atoms with Gasteiger partial charge in [-0.15, -0.1) is 0 Å². The highest BCUT2D eigenvalue weighted by atomic mass is 16.5. The molecule has 1 N–H and O–H groups in total. The molecule has 25 heavy (non-hydrogen) atoms. The maximum Gasteiger partial charge on any atom is 0.310 e. The Bertz CT molecular complexity index is 727. The summed E-state index contributed by atoms with van der Waals surface area (Å²) in [5, 5.41) is 2.76. The highest BCUT2D eigenvalue weighted by Crippen LogP contribution is 2.13. The van der Waals surface area contributed by atoms with Gasteiger partial charge >= 0.3 is 5.97 Å². The molecule has 5 heteroatoms. The molecule has 0 atom stereocenters. The number of ether oxygens (including phenoxy) is 2.